The SMILES string of the molecule is CC[C@H](C)[C@@H]1NC(=O)[C@H](CCS(C)=O)NC(=O)[C@@H]2CCCN2C(=O)[C@@H]2CCCN2C(=O)[C@H](Cc2ccc(O)cc2)NC(=O)[C@@H]2CCCN2C(=O)[C@@H]2CCCN2C(=O)[C@@H]2CCCN2C(=O)CNC1=O. The molecule has 1 aromatic rings. The van der Waals surface area contributed by atoms with Crippen LogP contribution in [0.4, 0.5) is 0 Å². The Morgan fingerprint density at radius 2 is 1.03 bits per heavy atom. The van der Waals surface area contributed by atoms with Crippen LogP contribution in [0.15, 0.2) is 24.3 Å². The van der Waals surface area contributed by atoms with Crippen LogP contribution in [0.5, 0.6) is 5.75 Å². The number of hydrogen-bond donors (Lipinski definition) is 5. The van der Waals surface area contributed by atoms with Gasteiger partial charge >= 0.3 is 0 Å². The van der Waals surface area contributed by atoms with Gasteiger partial charge in [0.15, 0.2) is 0 Å². The quantitative estimate of drug-likeness (QED) is 0.228. The molecule has 9 amide bonds. The number of fused-ring (bicyclic) bond motifs is 5. The van der Waals surface area contributed by atoms with Crippen LogP contribution >= 0.6 is 0 Å². The van der Waals surface area contributed by atoms with Crippen molar-refractivity contribution in [2.45, 2.75) is 146 Å². The Labute approximate surface area is 399 Å². The van der Waals surface area contributed by atoms with E-state index in [1.165, 1.54) is 42.9 Å². The van der Waals surface area contributed by atoms with Crippen LogP contribution < -0.4 is 21.3 Å². The van der Waals surface area contributed by atoms with Gasteiger partial charge in [-0.25, -0.2) is 0 Å². The number of rotatable bonds is 7. The number of nitrogens with zero attached hydrogens (tertiary/aromatic N) is 5. The molecule has 5 N–H and O–H groups in total. The Kier molecular flexibility index (Phi) is 16.4. The fraction of sp³-hybridized carbons (Fsp3) is 0.681. The third-order valence-corrected chi connectivity index (χ3v) is 15.5. The molecule has 6 aliphatic rings. The summed E-state index contributed by atoms with van der Waals surface area (Å²) in [6.07, 6.45) is 5.99. The molecule has 1 unspecified atom stereocenters. The molecule has 0 spiro atoms. The third-order valence-electron chi connectivity index (χ3n) is 14.7. The van der Waals surface area contributed by atoms with E-state index in [1.807, 2.05) is 6.92 Å². The lowest BCUT2D eigenvalue weighted by atomic mass is 9.97. The van der Waals surface area contributed by atoms with Crippen molar-refractivity contribution in [3.63, 3.8) is 0 Å². The van der Waals surface area contributed by atoms with E-state index < -0.39 is 125 Å². The van der Waals surface area contributed by atoms with E-state index in [4.69, 9.17) is 0 Å². The first-order chi connectivity index (χ1) is 32.6. The van der Waals surface area contributed by atoms with E-state index in [0.717, 1.165) is 0 Å². The van der Waals surface area contributed by atoms with Gasteiger partial charge in [-0.15, -0.1) is 0 Å². The van der Waals surface area contributed by atoms with Crippen molar-refractivity contribution in [2.75, 3.05) is 51.3 Å². The van der Waals surface area contributed by atoms with Gasteiger partial charge in [0.25, 0.3) is 0 Å². The summed E-state index contributed by atoms with van der Waals surface area (Å²) in [5, 5.41) is 21.1. The van der Waals surface area contributed by atoms with Crippen LogP contribution in [0, 0.1) is 5.92 Å². The molecule has 0 aliphatic carbocycles. The van der Waals surface area contributed by atoms with Gasteiger partial charge in [-0.05, 0) is 94.2 Å². The smallest absolute Gasteiger partial charge is 0.246 e. The fourth-order valence-electron chi connectivity index (χ4n) is 10.8. The van der Waals surface area contributed by atoms with Gasteiger partial charge in [0.1, 0.15) is 54.1 Å². The second-order valence-corrected chi connectivity index (χ2v) is 20.7. The molecular weight excluding hydrogens is 899 g/mol. The molecule has 21 heteroatoms. The van der Waals surface area contributed by atoms with E-state index in [1.54, 1.807) is 19.1 Å². The molecule has 0 bridgehead atoms. The molecule has 1 aromatic carbocycles. The molecule has 68 heavy (non-hydrogen) atoms. The lowest BCUT2D eigenvalue weighted by Crippen LogP contribution is -2.60. The number of hydrogen-bond acceptors (Lipinski definition) is 11. The molecule has 0 radical (unpaired) electrons. The first-order valence-electron chi connectivity index (χ1n) is 24.4. The summed E-state index contributed by atoms with van der Waals surface area (Å²) < 4.78 is 12.3. The molecule has 6 heterocycles. The summed E-state index contributed by atoms with van der Waals surface area (Å²) in [6, 6.07) is -2.03. The molecule has 0 saturated carbocycles. The van der Waals surface area contributed by atoms with Gasteiger partial charge in [-0.3, -0.25) is 47.4 Å². The fourth-order valence-corrected chi connectivity index (χ4v) is 11.3. The molecule has 20 nitrogen and oxygen atoms in total. The van der Waals surface area contributed by atoms with Crippen LogP contribution in [0.3, 0.4) is 0 Å². The third kappa shape index (κ3) is 11.1. The topological polar surface area (TPSA) is 255 Å². The van der Waals surface area contributed by atoms with Gasteiger partial charge in [0.05, 0.1) is 6.54 Å². The second kappa shape index (κ2) is 22.2. The monoisotopic (exact) mass is 965 g/mol. The molecule has 6 aliphatic heterocycles. The minimum Gasteiger partial charge on any atom is -0.508 e. The Balaban J connectivity index is 1.21. The number of phenolic OH excluding ortho intramolecular Hbond substituents is 1. The van der Waals surface area contributed by atoms with E-state index in [2.05, 4.69) is 21.3 Å². The summed E-state index contributed by atoms with van der Waals surface area (Å²) in [5.41, 5.74) is 0.621. The van der Waals surface area contributed by atoms with Crippen molar-refractivity contribution in [3.05, 3.63) is 29.8 Å². The molecule has 10 atom stereocenters. The number of phenols is 1. The zero-order valence-electron chi connectivity index (χ0n) is 39.3. The minimum absolute atomic E-state index is 0.00416. The van der Waals surface area contributed by atoms with E-state index in [9.17, 15) is 52.5 Å². The van der Waals surface area contributed by atoms with Crippen molar-refractivity contribution >= 4 is 64.0 Å². The predicted octanol–water partition coefficient (Wildman–Crippen LogP) is -0.711. The van der Waals surface area contributed by atoms with Crippen LogP contribution in [0.25, 0.3) is 0 Å². The van der Waals surface area contributed by atoms with Crippen LogP contribution in [-0.2, 0) is 60.4 Å². The van der Waals surface area contributed by atoms with Gasteiger partial charge in [0.2, 0.25) is 53.2 Å². The van der Waals surface area contributed by atoms with E-state index in [-0.39, 0.29) is 63.5 Å². The maximum absolute atomic E-state index is 14.8. The summed E-state index contributed by atoms with van der Waals surface area (Å²) in [7, 11) is -1.36. The molecular formula is C47H67N9O11S. The lowest BCUT2D eigenvalue weighted by molar-refractivity contribution is -0.151. The lowest BCUT2D eigenvalue weighted by Gasteiger charge is -2.35. The number of carbonyl (C=O) groups excluding carboxylic acids is 9. The highest BCUT2D eigenvalue weighted by Gasteiger charge is 2.48. The van der Waals surface area contributed by atoms with Crippen LogP contribution in [0.2, 0.25) is 0 Å². The maximum atomic E-state index is 14.8. The average Bonchev–Trinajstić information content (AvgIpc) is 4.19. The molecule has 0 aromatic heterocycles. The van der Waals surface area contributed by atoms with Crippen LogP contribution in [0.1, 0.15) is 96.5 Å². The number of carbonyl (C=O) groups is 9. The summed E-state index contributed by atoms with van der Waals surface area (Å²) >= 11 is 0. The van der Waals surface area contributed by atoms with Crippen molar-refractivity contribution in [3.8, 4) is 5.75 Å². The van der Waals surface area contributed by atoms with E-state index in [0.29, 0.717) is 69.8 Å². The second-order valence-electron chi connectivity index (χ2n) is 19.2. The molecule has 7 rings (SSSR count). The Morgan fingerprint density at radius 3 is 1.53 bits per heavy atom. The van der Waals surface area contributed by atoms with Gasteiger partial charge < -0.3 is 50.9 Å². The van der Waals surface area contributed by atoms with Crippen LogP contribution in [-0.4, -0.2) is 187 Å². The van der Waals surface area contributed by atoms with Crippen molar-refractivity contribution in [1.82, 2.24) is 45.8 Å². The molecule has 372 valence electrons. The zero-order valence-corrected chi connectivity index (χ0v) is 40.1. The largest absolute Gasteiger partial charge is 0.508 e. The minimum atomic E-state index is -1.36. The maximum Gasteiger partial charge on any atom is 0.246 e. The highest BCUT2D eigenvalue weighted by atomic mass is 32.2. The van der Waals surface area contributed by atoms with Crippen molar-refractivity contribution in [2.24, 2.45) is 5.92 Å². The number of amides is 9. The Bertz CT molecular complexity index is 2140. The Hall–Kier alpha value is -5.60. The van der Waals surface area contributed by atoms with E-state index >= 15 is 0 Å². The first-order valence-corrected chi connectivity index (χ1v) is 26.1. The summed E-state index contributed by atoms with van der Waals surface area (Å²) in [5.74, 6) is -5.19. The first kappa shape index (κ1) is 50.3. The van der Waals surface area contributed by atoms with Gasteiger partial charge in [0, 0.05) is 62.0 Å². The van der Waals surface area contributed by atoms with Gasteiger partial charge in [-0.1, -0.05) is 32.4 Å². The summed E-state index contributed by atoms with van der Waals surface area (Å²) in [4.78, 5) is 136. The standard InChI is InChI=1S/C47H67N9O11S/c1-4-28(2)39-43(62)48-27-38(58)52-20-7-12-35(52)45(64)56-24-9-14-37(56)47(66)54-22-6-11-34(54)42(61)50-32(26-29-15-17-30(57)18-16-29)44(63)55-23-8-13-36(55)46(65)53-21-5-10-33(53)41(60)49-31(40(59)51-39)19-25-68(3)67/h15-18,28,31-37,39,57H,4-14,19-27H2,1-3H3,(H,48,62)(H,49,60)(H,50,61)(H,51,59)/t28-,31-,32-,33-,34-,35-,36-,37-,39-,68?/m0/s1. The summed E-state index contributed by atoms with van der Waals surface area (Å²) in [6.45, 7) is 4.33. The molecule has 6 saturated heterocycles. The Morgan fingerprint density at radius 1 is 0.588 bits per heavy atom. The number of benzene rings is 1. The highest BCUT2D eigenvalue weighted by molar-refractivity contribution is 7.84. The number of aromatic hydroxyl groups is 1. The van der Waals surface area contributed by atoms with Gasteiger partial charge in [-0.2, -0.15) is 0 Å². The highest BCUT2D eigenvalue weighted by Crippen LogP contribution is 2.30. The predicted molar refractivity (Wildman–Crippen MR) is 247 cm³/mol. The normalized spacial score (nSPS) is 30.5. The molecule has 6 fully saturated rings. The number of nitrogens with one attached hydrogen (secondary N) is 4. The van der Waals surface area contributed by atoms with Crippen molar-refractivity contribution in [1.29, 1.82) is 0 Å². The zero-order chi connectivity index (χ0) is 48.8. The van der Waals surface area contributed by atoms with Crippen molar-refractivity contribution < 1.29 is 52.5 Å². The average molecular weight is 966 g/mol.